The summed E-state index contributed by atoms with van der Waals surface area (Å²) in [5, 5.41) is 0. The fourth-order valence-corrected chi connectivity index (χ4v) is 2.46. The first-order valence-corrected chi connectivity index (χ1v) is 8.03. The van der Waals surface area contributed by atoms with Gasteiger partial charge in [-0.15, -0.1) is 0 Å². The molecule has 22 heavy (non-hydrogen) atoms. The Hall–Kier alpha value is -2.04. The van der Waals surface area contributed by atoms with Gasteiger partial charge in [0.05, 0.1) is 5.52 Å². The average molecular weight is 304 g/mol. The molecule has 0 atom stereocenters. The standard InChI is InChI=1S/C17H24N2O3/c1-3-5-11-18(12-6-4-2)16(20)13-19-14-9-7-8-10-15(14)22-17(19)21/h7-10H,3-6,11-13H2,1-2H3. The summed E-state index contributed by atoms with van der Waals surface area (Å²) in [4.78, 5) is 26.4. The molecule has 0 N–H and O–H groups in total. The van der Waals surface area contributed by atoms with Gasteiger partial charge in [-0.3, -0.25) is 9.36 Å². The van der Waals surface area contributed by atoms with Gasteiger partial charge < -0.3 is 9.32 Å². The van der Waals surface area contributed by atoms with Crippen molar-refractivity contribution in [2.24, 2.45) is 0 Å². The van der Waals surface area contributed by atoms with Gasteiger partial charge in [-0.05, 0) is 25.0 Å². The Kier molecular flexibility index (Phi) is 5.81. The quantitative estimate of drug-likeness (QED) is 0.753. The minimum absolute atomic E-state index is 0.0180. The van der Waals surface area contributed by atoms with Crippen molar-refractivity contribution in [2.45, 2.75) is 46.1 Å². The van der Waals surface area contributed by atoms with Crippen LogP contribution in [-0.2, 0) is 11.3 Å². The van der Waals surface area contributed by atoms with Crippen LogP contribution in [0.4, 0.5) is 0 Å². The van der Waals surface area contributed by atoms with Crippen molar-refractivity contribution < 1.29 is 9.21 Å². The SMILES string of the molecule is CCCCN(CCCC)C(=O)Cn1c(=O)oc2ccccc21. The maximum Gasteiger partial charge on any atom is 0.420 e. The summed E-state index contributed by atoms with van der Waals surface area (Å²) in [6, 6.07) is 7.19. The van der Waals surface area contributed by atoms with E-state index in [9.17, 15) is 9.59 Å². The van der Waals surface area contributed by atoms with E-state index >= 15 is 0 Å². The average Bonchev–Trinajstić information content (AvgIpc) is 2.83. The highest BCUT2D eigenvalue weighted by Gasteiger charge is 2.17. The lowest BCUT2D eigenvalue weighted by Crippen LogP contribution is -2.37. The molecule has 0 fully saturated rings. The number of rotatable bonds is 8. The minimum atomic E-state index is -0.472. The number of benzene rings is 1. The number of hydrogen-bond donors (Lipinski definition) is 0. The van der Waals surface area contributed by atoms with Crippen molar-refractivity contribution in [1.29, 1.82) is 0 Å². The zero-order valence-electron chi connectivity index (χ0n) is 13.4. The molecule has 1 aromatic heterocycles. The number of unbranched alkanes of at least 4 members (excludes halogenated alkanes) is 2. The highest BCUT2D eigenvalue weighted by Crippen LogP contribution is 2.12. The predicted molar refractivity (Wildman–Crippen MR) is 86.9 cm³/mol. The molecule has 0 radical (unpaired) electrons. The minimum Gasteiger partial charge on any atom is -0.408 e. The fourth-order valence-electron chi connectivity index (χ4n) is 2.46. The fraction of sp³-hybridized carbons (Fsp3) is 0.529. The van der Waals surface area contributed by atoms with E-state index in [0.29, 0.717) is 11.1 Å². The first kappa shape index (κ1) is 16.3. The second-order valence-corrected chi connectivity index (χ2v) is 5.51. The van der Waals surface area contributed by atoms with Crippen LogP contribution in [0.15, 0.2) is 33.5 Å². The zero-order chi connectivity index (χ0) is 15.9. The topological polar surface area (TPSA) is 55.5 Å². The molecule has 0 aliphatic rings. The van der Waals surface area contributed by atoms with E-state index in [-0.39, 0.29) is 12.5 Å². The third-order valence-electron chi connectivity index (χ3n) is 3.78. The Morgan fingerprint density at radius 3 is 2.41 bits per heavy atom. The highest BCUT2D eigenvalue weighted by molar-refractivity contribution is 5.79. The summed E-state index contributed by atoms with van der Waals surface area (Å²) in [5.41, 5.74) is 1.20. The summed E-state index contributed by atoms with van der Waals surface area (Å²) < 4.78 is 6.60. The van der Waals surface area contributed by atoms with Crippen LogP contribution in [0.3, 0.4) is 0 Å². The Morgan fingerprint density at radius 2 is 1.77 bits per heavy atom. The van der Waals surface area contributed by atoms with Gasteiger partial charge in [-0.1, -0.05) is 38.8 Å². The molecule has 0 aliphatic heterocycles. The Bertz CT molecular complexity index is 664. The zero-order valence-corrected chi connectivity index (χ0v) is 13.4. The smallest absolute Gasteiger partial charge is 0.408 e. The molecule has 0 unspecified atom stereocenters. The van der Waals surface area contributed by atoms with E-state index in [4.69, 9.17) is 4.42 Å². The number of para-hydroxylation sites is 2. The molecule has 1 heterocycles. The van der Waals surface area contributed by atoms with Crippen molar-refractivity contribution in [1.82, 2.24) is 9.47 Å². The largest absolute Gasteiger partial charge is 0.420 e. The lowest BCUT2D eigenvalue weighted by atomic mass is 10.2. The van der Waals surface area contributed by atoms with Gasteiger partial charge >= 0.3 is 5.76 Å². The van der Waals surface area contributed by atoms with E-state index in [1.165, 1.54) is 4.57 Å². The van der Waals surface area contributed by atoms with Gasteiger partial charge in [-0.2, -0.15) is 0 Å². The number of fused-ring (bicyclic) bond motifs is 1. The summed E-state index contributed by atoms with van der Waals surface area (Å²) >= 11 is 0. The van der Waals surface area contributed by atoms with Crippen LogP contribution >= 0.6 is 0 Å². The van der Waals surface area contributed by atoms with Crippen LogP contribution in [0.5, 0.6) is 0 Å². The number of nitrogens with zero attached hydrogens (tertiary/aromatic N) is 2. The number of oxazole rings is 1. The number of carbonyl (C=O) groups excluding carboxylic acids is 1. The molecule has 1 amide bonds. The number of carbonyl (C=O) groups is 1. The Labute approximate surface area is 130 Å². The van der Waals surface area contributed by atoms with E-state index in [2.05, 4.69) is 13.8 Å². The number of amides is 1. The van der Waals surface area contributed by atoms with Crippen LogP contribution in [0.2, 0.25) is 0 Å². The molecule has 0 saturated heterocycles. The molecule has 0 aliphatic carbocycles. The van der Waals surface area contributed by atoms with E-state index in [1.807, 2.05) is 17.0 Å². The van der Waals surface area contributed by atoms with Gasteiger partial charge in [0, 0.05) is 13.1 Å². The molecule has 5 heteroatoms. The summed E-state index contributed by atoms with van der Waals surface area (Å²) in [5.74, 6) is -0.490. The van der Waals surface area contributed by atoms with Crippen molar-refractivity contribution in [3.05, 3.63) is 34.8 Å². The molecule has 2 rings (SSSR count). The van der Waals surface area contributed by atoms with Gasteiger partial charge in [0.2, 0.25) is 5.91 Å². The molecule has 0 spiro atoms. The summed E-state index contributed by atoms with van der Waals surface area (Å²) in [6.07, 6.45) is 4.06. The van der Waals surface area contributed by atoms with Gasteiger partial charge in [0.25, 0.3) is 0 Å². The van der Waals surface area contributed by atoms with E-state index in [1.54, 1.807) is 12.1 Å². The normalized spacial score (nSPS) is 11.0. The Balaban J connectivity index is 2.16. The first-order chi connectivity index (χ1) is 10.7. The van der Waals surface area contributed by atoms with Crippen LogP contribution < -0.4 is 5.76 Å². The van der Waals surface area contributed by atoms with E-state index in [0.717, 1.165) is 38.8 Å². The molecule has 5 nitrogen and oxygen atoms in total. The molecule has 0 saturated carbocycles. The van der Waals surface area contributed by atoms with Gasteiger partial charge in [-0.25, -0.2) is 4.79 Å². The van der Waals surface area contributed by atoms with Crippen LogP contribution in [0.25, 0.3) is 11.1 Å². The molecule has 120 valence electrons. The van der Waals surface area contributed by atoms with Crippen molar-refractivity contribution in [3.63, 3.8) is 0 Å². The summed E-state index contributed by atoms with van der Waals surface area (Å²) in [6.45, 7) is 5.76. The molecular formula is C17H24N2O3. The molecule has 0 bridgehead atoms. The highest BCUT2D eigenvalue weighted by atomic mass is 16.4. The van der Waals surface area contributed by atoms with Crippen LogP contribution in [0, 0.1) is 0 Å². The monoisotopic (exact) mass is 304 g/mol. The first-order valence-electron chi connectivity index (χ1n) is 8.03. The maximum absolute atomic E-state index is 12.5. The molecule has 2 aromatic rings. The maximum atomic E-state index is 12.5. The predicted octanol–water partition coefficient (Wildman–Crippen LogP) is 3.02. The molecular weight excluding hydrogens is 280 g/mol. The number of hydrogen-bond acceptors (Lipinski definition) is 3. The van der Waals surface area contributed by atoms with Gasteiger partial charge in [0.1, 0.15) is 6.54 Å². The Morgan fingerprint density at radius 1 is 1.14 bits per heavy atom. The lowest BCUT2D eigenvalue weighted by Gasteiger charge is -2.22. The van der Waals surface area contributed by atoms with E-state index < -0.39 is 5.76 Å². The second-order valence-electron chi connectivity index (χ2n) is 5.51. The van der Waals surface area contributed by atoms with Crippen molar-refractivity contribution >= 4 is 17.0 Å². The van der Waals surface area contributed by atoms with Crippen molar-refractivity contribution in [2.75, 3.05) is 13.1 Å². The lowest BCUT2D eigenvalue weighted by molar-refractivity contribution is -0.132. The van der Waals surface area contributed by atoms with Gasteiger partial charge in [0.15, 0.2) is 5.58 Å². The summed E-state index contributed by atoms with van der Waals surface area (Å²) in [7, 11) is 0. The molecule has 1 aromatic carbocycles. The third-order valence-corrected chi connectivity index (χ3v) is 3.78. The third kappa shape index (κ3) is 3.78. The number of aromatic nitrogens is 1. The second kappa shape index (κ2) is 7.82. The van der Waals surface area contributed by atoms with Crippen molar-refractivity contribution in [3.8, 4) is 0 Å². The van der Waals surface area contributed by atoms with Crippen LogP contribution in [-0.4, -0.2) is 28.5 Å². The van der Waals surface area contributed by atoms with Crippen LogP contribution in [0.1, 0.15) is 39.5 Å².